The Hall–Kier alpha value is -3.19. The van der Waals surface area contributed by atoms with E-state index in [9.17, 15) is 4.79 Å². The zero-order valence-electron chi connectivity index (χ0n) is 15.5. The van der Waals surface area contributed by atoms with E-state index in [1.54, 1.807) is 35.4 Å². The Kier molecular flexibility index (Phi) is 4.83. The van der Waals surface area contributed by atoms with E-state index < -0.39 is 0 Å². The van der Waals surface area contributed by atoms with Gasteiger partial charge in [0.1, 0.15) is 12.7 Å². The number of carbonyl (C=O) groups is 1. The maximum atomic E-state index is 12.6. The van der Waals surface area contributed by atoms with Gasteiger partial charge in [0.25, 0.3) is 5.91 Å². The second kappa shape index (κ2) is 7.44. The molecule has 1 atom stereocenters. The number of aryl methyl sites for hydroxylation is 1. The molecule has 0 aliphatic carbocycles. The number of aromatic nitrogens is 5. The number of hydrogen-bond donors (Lipinski definition) is 1. The zero-order valence-corrected chi connectivity index (χ0v) is 16.3. The third kappa shape index (κ3) is 3.48. The van der Waals surface area contributed by atoms with Crippen molar-refractivity contribution in [3.05, 3.63) is 71.4 Å². The molecule has 2 aromatic heterocycles. The maximum Gasteiger partial charge on any atom is 0.252 e. The molecule has 0 unspecified atom stereocenters. The maximum absolute atomic E-state index is 12.6. The summed E-state index contributed by atoms with van der Waals surface area (Å²) in [5.41, 5.74) is 3.45. The molecule has 8 heteroatoms. The van der Waals surface area contributed by atoms with Gasteiger partial charge in [-0.05, 0) is 44.2 Å². The van der Waals surface area contributed by atoms with Crippen molar-refractivity contribution in [3.63, 3.8) is 0 Å². The van der Waals surface area contributed by atoms with Gasteiger partial charge in [0.15, 0.2) is 0 Å². The fourth-order valence-electron chi connectivity index (χ4n) is 3.13. The third-order valence-corrected chi connectivity index (χ3v) is 4.95. The van der Waals surface area contributed by atoms with Gasteiger partial charge >= 0.3 is 0 Å². The molecule has 4 rings (SSSR count). The Bertz CT molecular complexity index is 1140. The molecule has 142 valence electrons. The van der Waals surface area contributed by atoms with Crippen molar-refractivity contribution in [1.29, 1.82) is 0 Å². The highest BCUT2D eigenvalue weighted by Gasteiger charge is 2.15. The standard InChI is InChI=1S/C20H19ClN6O/c1-13-3-6-19-15(7-13)10-25-27(19)14(2)9-22-20(28)17-5-4-16(8-18(17)21)26-11-23-24-12-26/h3-8,10-12,14H,9H2,1-2H3,(H,22,28)/t14-/m0/s1. The largest absolute Gasteiger partial charge is 0.350 e. The van der Waals surface area contributed by atoms with E-state index in [1.807, 2.05) is 17.8 Å². The number of rotatable bonds is 5. The molecule has 0 saturated heterocycles. The smallest absolute Gasteiger partial charge is 0.252 e. The molecular formula is C20H19ClN6O. The lowest BCUT2D eigenvalue weighted by molar-refractivity contribution is 0.0948. The number of nitrogens with zero attached hydrogens (tertiary/aromatic N) is 5. The first kappa shape index (κ1) is 18.2. The van der Waals surface area contributed by atoms with Gasteiger partial charge in [0.2, 0.25) is 0 Å². The molecule has 0 radical (unpaired) electrons. The third-order valence-electron chi connectivity index (χ3n) is 4.64. The second-order valence-electron chi connectivity index (χ2n) is 6.74. The van der Waals surface area contributed by atoms with Gasteiger partial charge in [0.05, 0.1) is 28.3 Å². The average Bonchev–Trinajstić information content (AvgIpc) is 3.35. The van der Waals surface area contributed by atoms with Crippen LogP contribution in [0.4, 0.5) is 0 Å². The van der Waals surface area contributed by atoms with Crippen molar-refractivity contribution < 1.29 is 4.79 Å². The highest BCUT2D eigenvalue weighted by molar-refractivity contribution is 6.34. The van der Waals surface area contributed by atoms with Crippen LogP contribution in [0.15, 0.2) is 55.2 Å². The van der Waals surface area contributed by atoms with Crippen LogP contribution < -0.4 is 5.32 Å². The Morgan fingerprint density at radius 1 is 1.18 bits per heavy atom. The Morgan fingerprint density at radius 3 is 2.71 bits per heavy atom. The topological polar surface area (TPSA) is 77.6 Å². The molecule has 0 aliphatic heterocycles. The lowest BCUT2D eigenvalue weighted by atomic mass is 10.1. The van der Waals surface area contributed by atoms with E-state index in [-0.39, 0.29) is 11.9 Å². The Morgan fingerprint density at radius 2 is 1.96 bits per heavy atom. The SMILES string of the molecule is Cc1ccc2c(cnn2[C@@H](C)CNC(=O)c2ccc(-n3cnnc3)cc2Cl)c1. The molecule has 0 spiro atoms. The summed E-state index contributed by atoms with van der Waals surface area (Å²) in [6.07, 6.45) is 4.99. The summed E-state index contributed by atoms with van der Waals surface area (Å²) in [6.45, 7) is 4.51. The minimum atomic E-state index is -0.223. The predicted molar refractivity (Wildman–Crippen MR) is 108 cm³/mol. The van der Waals surface area contributed by atoms with Crippen LogP contribution in [-0.4, -0.2) is 37.0 Å². The summed E-state index contributed by atoms with van der Waals surface area (Å²) in [4.78, 5) is 12.6. The lowest BCUT2D eigenvalue weighted by Crippen LogP contribution is -2.30. The van der Waals surface area contributed by atoms with Gasteiger partial charge in [-0.3, -0.25) is 14.0 Å². The fraction of sp³-hybridized carbons (Fsp3) is 0.200. The number of halogens is 1. The van der Waals surface area contributed by atoms with Crippen molar-refractivity contribution in [1.82, 2.24) is 29.9 Å². The van der Waals surface area contributed by atoms with E-state index in [0.29, 0.717) is 17.1 Å². The number of nitrogens with one attached hydrogen (secondary N) is 1. The van der Waals surface area contributed by atoms with Gasteiger partial charge < -0.3 is 5.32 Å². The molecule has 2 aromatic carbocycles. The van der Waals surface area contributed by atoms with Crippen LogP contribution in [0.25, 0.3) is 16.6 Å². The summed E-state index contributed by atoms with van der Waals surface area (Å²) in [7, 11) is 0. The summed E-state index contributed by atoms with van der Waals surface area (Å²) in [5.74, 6) is -0.223. The number of amides is 1. The number of fused-ring (bicyclic) bond motifs is 1. The summed E-state index contributed by atoms with van der Waals surface area (Å²) < 4.78 is 3.64. The highest BCUT2D eigenvalue weighted by atomic mass is 35.5. The zero-order chi connectivity index (χ0) is 19.7. The summed E-state index contributed by atoms with van der Waals surface area (Å²) in [5, 5.41) is 16.4. The molecule has 4 aromatic rings. The van der Waals surface area contributed by atoms with E-state index in [2.05, 4.69) is 45.7 Å². The van der Waals surface area contributed by atoms with Crippen molar-refractivity contribution in [2.75, 3.05) is 6.54 Å². The minimum absolute atomic E-state index is 0.000715. The number of benzene rings is 2. The quantitative estimate of drug-likeness (QED) is 0.561. The average molecular weight is 395 g/mol. The summed E-state index contributed by atoms with van der Waals surface area (Å²) in [6, 6.07) is 11.4. The highest BCUT2D eigenvalue weighted by Crippen LogP contribution is 2.21. The minimum Gasteiger partial charge on any atom is -0.350 e. The van der Waals surface area contributed by atoms with E-state index in [1.165, 1.54) is 5.56 Å². The van der Waals surface area contributed by atoms with E-state index >= 15 is 0 Å². The van der Waals surface area contributed by atoms with E-state index in [0.717, 1.165) is 16.6 Å². The first-order chi connectivity index (χ1) is 13.5. The van der Waals surface area contributed by atoms with Gasteiger partial charge in [0, 0.05) is 17.6 Å². The fourth-order valence-corrected chi connectivity index (χ4v) is 3.39. The van der Waals surface area contributed by atoms with Crippen LogP contribution in [0.3, 0.4) is 0 Å². The van der Waals surface area contributed by atoms with Crippen LogP contribution in [0.2, 0.25) is 5.02 Å². The Labute approximate surface area is 167 Å². The molecule has 0 bridgehead atoms. The monoisotopic (exact) mass is 394 g/mol. The van der Waals surface area contributed by atoms with Crippen LogP contribution >= 0.6 is 11.6 Å². The van der Waals surface area contributed by atoms with Crippen LogP contribution in [0, 0.1) is 6.92 Å². The van der Waals surface area contributed by atoms with Crippen molar-refractivity contribution in [3.8, 4) is 5.69 Å². The first-order valence-corrected chi connectivity index (χ1v) is 9.27. The molecule has 0 aliphatic rings. The van der Waals surface area contributed by atoms with Gasteiger partial charge in [-0.25, -0.2) is 0 Å². The lowest BCUT2D eigenvalue weighted by Gasteiger charge is -2.15. The molecule has 0 saturated carbocycles. The van der Waals surface area contributed by atoms with Gasteiger partial charge in [-0.1, -0.05) is 23.2 Å². The second-order valence-corrected chi connectivity index (χ2v) is 7.15. The molecule has 0 fully saturated rings. The Balaban J connectivity index is 1.46. The molecular weight excluding hydrogens is 376 g/mol. The normalized spacial score (nSPS) is 12.2. The molecule has 28 heavy (non-hydrogen) atoms. The van der Waals surface area contributed by atoms with Gasteiger partial charge in [-0.2, -0.15) is 5.10 Å². The van der Waals surface area contributed by atoms with Crippen molar-refractivity contribution >= 4 is 28.4 Å². The molecule has 7 nitrogen and oxygen atoms in total. The van der Waals surface area contributed by atoms with Crippen molar-refractivity contribution in [2.45, 2.75) is 19.9 Å². The van der Waals surface area contributed by atoms with Crippen molar-refractivity contribution in [2.24, 2.45) is 0 Å². The molecule has 2 heterocycles. The first-order valence-electron chi connectivity index (χ1n) is 8.89. The van der Waals surface area contributed by atoms with Crippen LogP contribution in [-0.2, 0) is 0 Å². The van der Waals surface area contributed by atoms with Crippen LogP contribution in [0.5, 0.6) is 0 Å². The predicted octanol–water partition coefficient (Wildman–Crippen LogP) is 3.57. The summed E-state index contributed by atoms with van der Waals surface area (Å²) >= 11 is 6.32. The molecule has 1 N–H and O–H groups in total. The van der Waals surface area contributed by atoms with Crippen LogP contribution in [0.1, 0.15) is 28.9 Å². The molecule has 1 amide bonds. The van der Waals surface area contributed by atoms with Gasteiger partial charge in [-0.15, -0.1) is 10.2 Å². The number of carbonyl (C=O) groups excluding carboxylic acids is 1. The van der Waals surface area contributed by atoms with E-state index in [4.69, 9.17) is 11.6 Å². The number of hydrogen-bond acceptors (Lipinski definition) is 4.